The van der Waals surface area contributed by atoms with Crippen molar-refractivity contribution in [3.63, 3.8) is 0 Å². The molecule has 4 rings (SSSR count). The second-order valence-corrected chi connectivity index (χ2v) is 6.62. The molecule has 0 unspecified atom stereocenters. The first-order valence-electron chi connectivity index (χ1n) is 8.74. The topological polar surface area (TPSA) is 52.0 Å². The molecule has 3 aromatic carbocycles. The highest BCUT2D eigenvalue weighted by Crippen LogP contribution is 2.21. The Kier molecular flexibility index (Phi) is 4.16. The van der Waals surface area contributed by atoms with Crippen LogP contribution in [0.2, 0.25) is 0 Å². The first-order valence-corrected chi connectivity index (χ1v) is 8.74. The Morgan fingerprint density at radius 1 is 0.889 bits per heavy atom. The molecule has 0 fully saturated rings. The van der Waals surface area contributed by atoms with Crippen LogP contribution >= 0.6 is 0 Å². The molecule has 0 aliphatic carbocycles. The molecule has 1 aromatic heterocycles. The van der Waals surface area contributed by atoms with E-state index in [1.807, 2.05) is 67.6 Å². The minimum Gasteiger partial charge on any atom is -0.293 e. The summed E-state index contributed by atoms with van der Waals surface area (Å²) in [6, 6.07) is 21.2. The Hall–Kier alpha value is -3.53. The molecule has 1 heterocycles. The molecule has 0 bridgehead atoms. The van der Waals surface area contributed by atoms with E-state index in [-0.39, 0.29) is 17.3 Å². The van der Waals surface area contributed by atoms with Crippen LogP contribution in [0.1, 0.15) is 38.9 Å². The zero-order chi connectivity index (χ0) is 19.0. The average molecular weight is 354 g/mol. The summed E-state index contributed by atoms with van der Waals surface area (Å²) in [5.74, 6) is -0.436. The summed E-state index contributed by atoms with van der Waals surface area (Å²) < 4.78 is 1.59. The Bertz CT molecular complexity index is 1170. The van der Waals surface area contributed by atoms with Gasteiger partial charge in [0.15, 0.2) is 11.6 Å². The monoisotopic (exact) mass is 354 g/mol. The number of ketones is 2. The fourth-order valence-corrected chi connectivity index (χ4v) is 3.12. The van der Waals surface area contributed by atoms with E-state index in [1.165, 1.54) is 6.92 Å². The van der Waals surface area contributed by atoms with Gasteiger partial charge in [0.1, 0.15) is 5.69 Å². The number of aromatic nitrogens is 2. The molecule has 0 aliphatic rings. The molecule has 0 atom stereocenters. The van der Waals surface area contributed by atoms with Crippen molar-refractivity contribution in [1.29, 1.82) is 0 Å². The van der Waals surface area contributed by atoms with Crippen LogP contribution in [0.3, 0.4) is 0 Å². The van der Waals surface area contributed by atoms with Crippen LogP contribution in [0.25, 0.3) is 16.5 Å². The Labute approximate surface area is 157 Å². The van der Waals surface area contributed by atoms with Gasteiger partial charge in [-0.3, -0.25) is 9.59 Å². The molecule has 0 saturated carbocycles. The summed E-state index contributed by atoms with van der Waals surface area (Å²) in [5.41, 5.74) is 2.98. The highest BCUT2D eigenvalue weighted by Gasteiger charge is 2.21. The Morgan fingerprint density at radius 3 is 2.30 bits per heavy atom. The maximum Gasteiger partial charge on any atom is 0.196 e. The van der Waals surface area contributed by atoms with E-state index >= 15 is 0 Å². The number of benzene rings is 3. The van der Waals surface area contributed by atoms with Crippen molar-refractivity contribution in [1.82, 2.24) is 9.78 Å². The van der Waals surface area contributed by atoms with Crippen LogP contribution in [0.5, 0.6) is 0 Å². The van der Waals surface area contributed by atoms with Crippen molar-refractivity contribution in [3.8, 4) is 5.69 Å². The number of aryl methyl sites for hydroxylation is 1. The van der Waals surface area contributed by atoms with Crippen molar-refractivity contribution in [3.05, 3.63) is 95.3 Å². The molecular weight excluding hydrogens is 336 g/mol. The van der Waals surface area contributed by atoms with Crippen LogP contribution in [-0.4, -0.2) is 21.3 Å². The highest BCUT2D eigenvalue weighted by molar-refractivity contribution is 6.15. The number of hydrogen-bond acceptors (Lipinski definition) is 3. The van der Waals surface area contributed by atoms with E-state index in [2.05, 4.69) is 5.10 Å². The molecule has 4 aromatic rings. The van der Waals surface area contributed by atoms with Gasteiger partial charge in [0.05, 0.1) is 11.3 Å². The van der Waals surface area contributed by atoms with Gasteiger partial charge in [0, 0.05) is 18.7 Å². The molecular formula is C23H18N2O2. The quantitative estimate of drug-likeness (QED) is 0.496. The summed E-state index contributed by atoms with van der Waals surface area (Å²) >= 11 is 0. The number of fused-ring (bicyclic) bond motifs is 1. The molecule has 132 valence electrons. The zero-order valence-corrected chi connectivity index (χ0v) is 15.1. The minimum atomic E-state index is -0.231. The van der Waals surface area contributed by atoms with Crippen LogP contribution < -0.4 is 0 Å². The SMILES string of the molecule is CC(=O)c1nn(-c2ccc(C)cc2)cc1C(=O)c1ccc2ccccc2c1. The number of rotatable bonds is 4. The second-order valence-electron chi connectivity index (χ2n) is 6.62. The van der Waals surface area contributed by atoms with E-state index in [1.54, 1.807) is 16.9 Å². The number of carbonyl (C=O) groups excluding carboxylic acids is 2. The first kappa shape index (κ1) is 16.9. The smallest absolute Gasteiger partial charge is 0.196 e. The minimum absolute atomic E-state index is 0.189. The van der Waals surface area contributed by atoms with E-state index < -0.39 is 0 Å². The fourth-order valence-electron chi connectivity index (χ4n) is 3.12. The molecule has 4 heteroatoms. The summed E-state index contributed by atoms with van der Waals surface area (Å²) in [6.07, 6.45) is 1.64. The van der Waals surface area contributed by atoms with Gasteiger partial charge in [-0.2, -0.15) is 5.10 Å². The van der Waals surface area contributed by atoms with Gasteiger partial charge >= 0.3 is 0 Å². The average Bonchev–Trinajstić information content (AvgIpc) is 3.13. The maximum absolute atomic E-state index is 13.1. The highest BCUT2D eigenvalue weighted by atomic mass is 16.1. The van der Waals surface area contributed by atoms with Crippen molar-refractivity contribution >= 4 is 22.3 Å². The van der Waals surface area contributed by atoms with Gasteiger partial charge in [-0.05, 0) is 35.9 Å². The largest absolute Gasteiger partial charge is 0.293 e. The zero-order valence-electron chi connectivity index (χ0n) is 15.1. The van der Waals surface area contributed by atoms with E-state index in [0.717, 1.165) is 22.0 Å². The molecule has 0 saturated heterocycles. The van der Waals surface area contributed by atoms with Gasteiger partial charge in [0.2, 0.25) is 0 Å². The molecule has 0 radical (unpaired) electrons. The summed E-state index contributed by atoms with van der Waals surface area (Å²) in [6.45, 7) is 3.43. The van der Waals surface area contributed by atoms with Crippen LogP contribution in [0.4, 0.5) is 0 Å². The van der Waals surface area contributed by atoms with Gasteiger partial charge in [-0.1, -0.05) is 54.1 Å². The number of carbonyl (C=O) groups is 2. The van der Waals surface area contributed by atoms with Gasteiger partial charge < -0.3 is 0 Å². The van der Waals surface area contributed by atoms with Crippen LogP contribution in [-0.2, 0) is 0 Å². The van der Waals surface area contributed by atoms with E-state index in [4.69, 9.17) is 0 Å². The molecule has 4 nitrogen and oxygen atoms in total. The van der Waals surface area contributed by atoms with E-state index in [0.29, 0.717) is 11.1 Å². The van der Waals surface area contributed by atoms with E-state index in [9.17, 15) is 9.59 Å². The molecule has 0 spiro atoms. The van der Waals surface area contributed by atoms with Crippen molar-refractivity contribution < 1.29 is 9.59 Å². The van der Waals surface area contributed by atoms with Gasteiger partial charge in [-0.25, -0.2) is 4.68 Å². The van der Waals surface area contributed by atoms with Crippen LogP contribution in [0, 0.1) is 6.92 Å². The summed E-state index contributed by atoms with van der Waals surface area (Å²) in [4.78, 5) is 25.2. The second kappa shape index (κ2) is 6.65. The third-order valence-corrected chi connectivity index (χ3v) is 4.60. The lowest BCUT2D eigenvalue weighted by molar-refractivity contribution is 0.0987. The predicted octanol–water partition coefficient (Wildman–Crippen LogP) is 4.77. The summed E-state index contributed by atoms with van der Waals surface area (Å²) in [5, 5.41) is 6.42. The van der Waals surface area contributed by atoms with Gasteiger partial charge in [-0.15, -0.1) is 0 Å². The molecule has 0 N–H and O–H groups in total. The molecule has 0 amide bonds. The third kappa shape index (κ3) is 3.17. The first-order chi connectivity index (χ1) is 13.0. The lowest BCUT2D eigenvalue weighted by Gasteiger charge is -2.03. The van der Waals surface area contributed by atoms with Gasteiger partial charge in [0.25, 0.3) is 0 Å². The maximum atomic E-state index is 13.1. The lowest BCUT2D eigenvalue weighted by atomic mass is 9.99. The van der Waals surface area contributed by atoms with Crippen molar-refractivity contribution in [2.24, 2.45) is 0 Å². The summed E-state index contributed by atoms with van der Waals surface area (Å²) in [7, 11) is 0. The number of Topliss-reactive ketones (excluding diaryl/α,β-unsaturated/α-hetero) is 1. The predicted molar refractivity (Wildman–Crippen MR) is 106 cm³/mol. The molecule has 27 heavy (non-hydrogen) atoms. The van der Waals surface area contributed by atoms with Crippen LogP contribution in [0.15, 0.2) is 72.9 Å². The lowest BCUT2D eigenvalue weighted by Crippen LogP contribution is -2.06. The molecule has 0 aliphatic heterocycles. The standard InChI is InChI=1S/C23H18N2O2/c1-15-7-11-20(12-8-15)25-14-21(22(24-25)16(2)26)23(27)19-10-9-17-5-3-4-6-18(17)13-19/h3-14H,1-2H3. The third-order valence-electron chi connectivity index (χ3n) is 4.60. The Morgan fingerprint density at radius 2 is 1.59 bits per heavy atom. The Balaban J connectivity index is 1.80. The van der Waals surface area contributed by atoms with Crippen molar-refractivity contribution in [2.75, 3.05) is 0 Å². The fraction of sp³-hybridized carbons (Fsp3) is 0.0870. The normalized spacial score (nSPS) is 10.9. The number of nitrogens with zero attached hydrogens (tertiary/aromatic N) is 2. The van der Waals surface area contributed by atoms with Crippen molar-refractivity contribution in [2.45, 2.75) is 13.8 Å². The number of hydrogen-bond donors (Lipinski definition) is 0.